The van der Waals surface area contributed by atoms with Gasteiger partial charge in [0.25, 0.3) is 0 Å². The van der Waals surface area contributed by atoms with Crippen molar-refractivity contribution in [3.63, 3.8) is 0 Å². The van der Waals surface area contributed by atoms with Gasteiger partial charge in [0, 0.05) is 6.92 Å². The molecule has 1 aliphatic heterocycles. The fourth-order valence-electron chi connectivity index (χ4n) is 0.996. The molecule has 0 saturated carbocycles. The van der Waals surface area contributed by atoms with Gasteiger partial charge in [0.05, 0.1) is 12.2 Å². The molecule has 0 aromatic heterocycles. The second kappa shape index (κ2) is 3.87. The number of hydrogen-bond donors (Lipinski definition) is 0. The van der Waals surface area contributed by atoms with E-state index < -0.39 is 0 Å². The van der Waals surface area contributed by atoms with Gasteiger partial charge in [-0.2, -0.15) is 0 Å². The smallest absolute Gasteiger partial charge is 0.302 e. The molecule has 0 aromatic rings. The van der Waals surface area contributed by atoms with Crippen molar-refractivity contribution in [1.82, 2.24) is 0 Å². The maximum atomic E-state index is 10.4. The highest BCUT2D eigenvalue weighted by Gasteiger charge is 2.29. The molecule has 1 rings (SSSR count). The summed E-state index contributed by atoms with van der Waals surface area (Å²) >= 11 is 0. The Morgan fingerprint density at radius 2 is 1.83 bits per heavy atom. The lowest BCUT2D eigenvalue weighted by molar-refractivity contribution is -0.155. The van der Waals surface area contributed by atoms with Crippen LogP contribution in [0.25, 0.3) is 0 Å². The molecule has 0 radical (unpaired) electrons. The van der Waals surface area contributed by atoms with E-state index in [0.717, 1.165) is 0 Å². The molecule has 0 amide bonds. The lowest BCUT2D eigenvalue weighted by Crippen LogP contribution is -2.18. The Kier molecular flexibility index (Phi) is 3.05. The van der Waals surface area contributed by atoms with Crippen molar-refractivity contribution in [2.45, 2.75) is 39.3 Å². The summed E-state index contributed by atoms with van der Waals surface area (Å²) in [4.78, 5) is 10.4. The Balaban J connectivity index is 2.23. The van der Waals surface area contributed by atoms with Gasteiger partial charge in [-0.05, 0) is 13.8 Å². The van der Waals surface area contributed by atoms with Crippen molar-refractivity contribution in [2.75, 3.05) is 6.61 Å². The van der Waals surface area contributed by atoms with Crippen molar-refractivity contribution in [2.24, 2.45) is 0 Å². The molecule has 4 nitrogen and oxygen atoms in total. The molecule has 0 aliphatic carbocycles. The minimum absolute atomic E-state index is 0.0746. The van der Waals surface area contributed by atoms with Gasteiger partial charge < -0.3 is 14.2 Å². The van der Waals surface area contributed by atoms with Crippen molar-refractivity contribution in [3.05, 3.63) is 0 Å². The third kappa shape index (κ3) is 2.46. The monoisotopic (exact) mass is 174 g/mol. The SMILES string of the molecule is CC(=O)OCC1OC(C)C(C)O1. The molecule has 2 atom stereocenters. The van der Waals surface area contributed by atoms with E-state index in [0.29, 0.717) is 0 Å². The first-order chi connectivity index (χ1) is 5.59. The molecule has 2 unspecified atom stereocenters. The summed E-state index contributed by atoms with van der Waals surface area (Å²) in [5.74, 6) is -0.311. The first kappa shape index (κ1) is 9.48. The molecule has 0 aromatic carbocycles. The van der Waals surface area contributed by atoms with Crippen LogP contribution in [0, 0.1) is 0 Å². The zero-order valence-electron chi connectivity index (χ0n) is 7.57. The van der Waals surface area contributed by atoms with Crippen LogP contribution in [-0.4, -0.2) is 31.1 Å². The van der Waals surface area contributed by atoms with Crippen molar-refractivity contribution >= 4 is 5.97 Å². The van der Waals surface area contributed by atoms with Crippen molar-refractivity contribution in [1.29, 1.82) is 0 Å². The van der Waals surface area contributed by atoms with E-state index in [4.69, 9.17) is 14.2 Å². The lowest BCUT2D eigenvalue weighted by atomic mass is 10.3. The molecule has 1 fully saturated rings. The van der Waals surface area contributed by atoms with Crippen LogP contribution in [0.4, 0.5) is 0 Å². The molecule has 1 aliphatic rings. The first-order valence-electron chi connectivity index (χ1n) is 4.04. The quantitative estimate of drug-likeness (QED) is 0.578. The maximum Gasteiger partial charge on any atom is 0.302 e. The molecular weight excluding hydrogens is 160 g/mol. The van der Waals surface area contributed by atoms with E-state index >= 15 is 0 Å². The normalized spacial score (nSPS) is 35.1. The average Bonchev–Trinajstić information content (AvgIpc) is 2.28. The van der Waals surface area contributed by atoms with Gasteiger partial charge in [0.15, 0.2) is 6.29 Å². The third-order valence-corrected chi connectivity index (χ3v) is 1.82. The Hall–Kier alpha value is -0.610. The molecule has 0 N–H and O–H groups in total. The van der Waals surface area contributed by atoms with Gasteiger partial charge in [-0.25, -0.2) is 0 Å². The van der Waals surface area contributed by atoms with Gasteiger partial charge >= 0.3 is 5.97 Å². The number of hydrogen-bond acceptors (Lipinski definition) is 4. The number of carbonyl (C=O) groups is 1. The summed E-state index contributed by atoms with van der Waals surface area (Å²) in [7, 11) is 0. The van der Waals surface area contributed by atoms with Crippen molar-refractivity contribution < 1.29 is 19.0 Å². The Bertz CT molecular complexity index is 158. The molecule has 1 heterocycles. The summed E-state index contributed by atoms with van der Waals surface area (Å²) in [6, 6.07) is 0. The van der Waals surface area contributed by atoms with Gasteiger partial charge in [-0.3, -0.25) is 4.79 Å². The highest BCUT2D eigenvalue weighted by molar-refractivity contribution is 5.65. The predicted octanol–water partition coefficient (Wildman–Crippen LogP) is 0.699. The van der Waals surface area contributed by atoms with Crippen LogP contribution in [0.1, 0.15) is 20.8 Å². The fourth-order valence-corrected chi connectivity index (χ4v) is 0.996. The molecule has 70 valence electrons. The Labute approximate surface area is 71.8 Å². The molecule has 4 heteroatoms. The molecule has 0 bridgehead atoms. The zero-order valence-corrected chi connectivity index (χ0v) is 7.57. The van der Waals surface area contributed by atoms with E-state index in [1.807, 2.05) is 13.8 Å². The average molecular weight is 174 g/mol. The predicted molar refractivity (Wildman–Crippen MR) is 41.5 cm³/mol. The summed E-state index contributed by atoms with van der Waals surface area (Å²) in [5, 5.41) is 0. The molecule has 1 saturated heterocycles. The van der Waals surface area contributed by atoms with Crippen LogP contribution >= 0.6 is 0 Å². The van der Waals surface area contributed by atoms with Crippen LogP contribution in [0.15, 0.2) is 0 Å². The lowest BCUT2D eigenvalue weighted by Gasteiger charge is -2.08. The number of ether oxygens (including phenoxy) is 3. The van der Waals surface area contributed by atoms with Gasteiger partial charge in [-0.1, -0.05) is 0 Å². The summed E-state index contributed by atoms with van der Waals surface area (Å²) < 4.78 is 15.4. The number of carbonyl (C=O) groups excluding carboxylic acids is 1. The minimum Gasteiger partial charge on any atom is -0.460 e. The topological polar surface area (TPSA) is 44.8 Å². The Morgan fingerprint density at radius 3 is 2.25 bits per heavy atom. The second-order valence-electron chi connectivity index (χ2n) is 2.91. The minimum atomic E-state index is -0.390. The Morgan fingerprint density at radius 1 is 1.33 bits per heavy atom. The van der Waals surface area contributed by atoms with Crippen molar-refractivity contribution in [3.8, 4) is 0 Å². The largest absolute Gasteiger partial charge is 0.460 e. The molecular formula is C8H14O4. The van der Waals surface area contributed by atoms with E-state index in [9.17, 15) is 4.79 Å². The van der Waals surface area contributed by atoms with Gasteiger partial charge in [0.1, 0.15) is 6.61 Å². The summed E-state index contributed by atoms with van der Waals surface area (Å²) in [6.45, 7) is 5.41. The third-order valence-electron chi connectivity index (χ3n) is 1.82. The van der Waals surface area contributed by atoms with Crippen LogP contribution in [0.5, 0.6) is 0 Å². The highest BCUT2D eigenvalue weighted by Crippen LogP contribution is 2.18. The van der Waals surface area contributed by atoms with Crippen LogP contribution in [0.2, 0.25) is 0 Å². The first-order valence-corrected chi connectivity index (χ1v) is 4.04. The second-order valence-corrected chi connectivity index (χ2v) is 2.91. The number of rotatable bonds is 2. The van der Waals surface area contributed by atoms with E-state index in [-0.39, 0.29) is 31.1 Å². The standard InChI is InChI=1S/C8H14O4/c1-5-6(2)12-8(11-5)4-10-7(3)9/h5-6,8H,4H2,1-3H3. The highest BCUT2D eigenvalue weighted by atomic mass is 16.7. The maximum absolute atomic E-state index is 10.4. The fraction of sp³-hybridized carbons (Fsp3) is 0.875. The van der Waals surface area contributed by atoms with Crippen LogP contribution in [0.3, 0.4) is 0 Å². The van der Waals surface area contributed by atoms with Crippen LogP contribution in [-0.2, 0) is 19.0 Å². The van der Waals surface area contributed by atoms with Gasteiger partial charge in [0.2, 0.25) is 0 Å². The van der Waals surface area contributed by atoms with E-state index in [1.54, 1.807) is 0 Å². The summed E-state index contributed by atoms with van der Waals surface area (Å²) in [5.41, 5.74) is 0. The van der Waals surface area contributed by atoms with Crippen LogP contribution < -0.4 is 0 Å². The van der Waals surface area contributed by atoms with E-state index in [2.05, 4.69) is 0 Å². The van der Waals surface area contributed by atoms with E-state index in [1.165, 1.54) is 6.92 Å². The van der Waals surface area contributed by atoms with Gasteiger partial charge in [-0.15, -0.1) is 0 Å². The number of esters is 1. The molecule has 0 spiro atoms. The summed E-state index contributed by atoms with van der Waals surface area (Å²) in [6.07, 6.45) is -0.241. The molecule has 12 heavy (non-hydrogen) atoms. The zero-order chi connectivity index (χ0) is 9.14.